The summed E-state index contributed by atoms with van der Waals surface area (Å²) < 4.78 is 7.34. The Balaban J connectivity index is 2.12. The van der Waals surface area contributed by atoms with E-state index in [2.05, 4.69) is 22.1 Å². The average molecular weight is 355 g/mol. The number of ether oxygens (including phenoxy) is 1. The Morgan fingerprint density at radius 1 is 1.25 bits per heavy atom. The second kappa shape index (κ2) is 7.90. The SMILES string of the molecule is C=CCN=c1scc(-c2ccccc2OC)n1N=Cc1ccsc1. The van der Waals surface area contributed by atoms with Gasteiger partial charge < -0.3 is 4.74 Å². The zero-order valence-corrected chi connectivity index (χ0v) is 14.9. The summed E-state index contributed by atoms with van der Waals surface area (Å²) in [7, 11) is 1.67. The standard InChI is InChI=1S/C18H17N3OS2/c1-3-9-19-18-21(20-11-14-8-10-23-12-14)16(13-24-18)15-6-4-5-7-17(15)22-2/h3-8,10-13H,1,9H2,2H3. The molecule has 0 aliphatic rings. The van der Waals surface area contributed by atoms with E-state index in [1.54, 1.807) is 35.9 Å². The highest BCUT2D eigenvalue weighted by atomic mass is 32.1. The van der Waals surface area contributed by atoms with Gasteiger partial charge >= 0.3 is 0 Å². The molecule has 6 heteroatoms. The highest BCUT2D eigenvalue weighted by molar-refractivity contribution is 7.08. The highest BCUT2D eigenvalue weighted by Gasteiger charge is 2.11. The molecule has 2 heterocycles. The summed E-state index contributed by atoms with van der Waals surface area (Å²) in [5.41, 5.74) is 3.00. The molecule has 0 aliphatic heterocycles. The molecule has 24 heavy (non-hydrogen) atoms. The normalized spacial score (nSPS) is 12.0. The molecule has 0 saturated carbocycles. The zero-order chi connectivity index (χ0) is 16.8. The minimum atomic E-state index is 0.555. The summed E-state index contributed by atoms with van der Waals surface area (Å²) in [4.78, 5) is 5.36. The van der Waals surface area contributed by atoms with Crippen LogP contribution >= 0.6 is 22.7 Å². The topological polar surface area (TPSA) is 38.9 Å². The molecule has 3 rings (SSSR count). The van der Waals surface area contributed by atoms with Gasteiger partial charge in [0.25, 0.3) is 0 Å². The fraction of sp³-hybridized carbons (Fsp3) is 0.111. The van der Waals surface area contributed by atoms with Gasteiger partial charge in [-0.05, 0) is 29.0 Å². The smallest absolute Gasteiger partial charge is 0.206 e. The molecule has 0 saturated heterocycles. The van der Waals surface area contributed by atoms with E-state index in [-0.39, 0.29) is 0 Å². The van der Waals surface area contributed by atoms with E-state index >= 15 is 0 Å². The number of thiophene rings is 1. The lowest BCUT2D eigenvalue weighted by molar-refractivity contribution is 0.416. The Labute approximate surface area is 148 Å². The van der Waals surface area contributed by atoms with Crippen LogP contribution in [0.1, 0.15) is 5.56 Å². The molecular weight excluding hydrogens is 338 g/mol. The van der Waals surface area contributed by atoms with E-state index < -0.39 is 0 Å². The summed E-state index contributed by atoms with van der Waals surface area (Å²) in [6, 6.07) is 9.94. The van der Waals surface area contributed by atoms with Crippen molar-refractivity contribution in [3.63, 3.8) is 0 Å². The van der Waals surface area contributed by atoms with Crippen molar-refractivity contribution in [2.75, 3.05) is 13.7 Å². The zero-order valence-electron chi connectivity index (χ0n) is 13.3. The molecule has 0 atom stereocenters. The second-order valence-electron chi connectivity index (χ2n) is 4.85. The van der Waals surface area contributed by atoms with Gasteiger partial charge in [0.1, 0.15) is 5.75 Å². The lowest BCUT2D eigenvalue weighted by atomic mass is 10.1. The first-order chi connectivity index (χ1) is 11.8. The van der Waals surface area contributed by atoms with Crippen molar-refractivity contribution < 1.29 is 4.74 Å². The fourth-order valence-corrected chi connectivity index (χ4v) is 3.63. The van der Waals surface area contributed by atoms with Crippen molar-refractivity contribution in [1.29, 1.82) is 0 Å². The minimum absolute atomic E-state index is 0.555. The maximum absolute atomic E-state index is 5.49. The van der Waals surface area contributed by atoms with Crippen molar-refractivity contribution in [1.82, 2.24) is 4.68 Å². The van der Waals surface area contributed by atoms with Gasteiger partial charge in [0, 0.05) is 16.5 Å². The maximum atomic E-state index is 5.49. The van der Waals surface area contributed by atoms with Crippen LogP contribution in [0.15, 0.2) is 69.2 Å². The minimum Gasteiger partial charge on any atom is -0.496 e. The third-order valence-corrected chi connectivity index (χ3v) is 4.84. The molecule has 2 aromatic heterocycles. The van der Waals surface area contributed by atoms with Crippen LogP contribution in [0, 0.1) is 0 Å². The molecule has 0 aliphatic carbocycles. The van der Waals surface area contributed by atoms with Crippen molar-refractivity contribution in [3.8, 4) is 17.0 Å². The average Bonchev–Trinajstić information content (AvgIpc) is 3.27. The van der Waals surface area contributed by atoms with Gasteiger partial charge in [0.2, 0.25) is 4.80 Å². The Kier molecular flexibility index (Phi) is 5.40. The number of hydrogen-bond donors (Lipinski definition) is 0. The van der Waals surface area contributed by atoms with Crippen LogP contribution in [-0.4, -0.2) is 24.5 Å². The third kappa shape index (κ3) is 3.55. The van der Waals surface area contributed by atoms with E-state index in [0.29, 0.717) is 6.54 Å². The van der Waals surface area contributed by atoms with Crippen LogP contribution in [0.5, 0.6) is 5.75 Å². The molecular formula is C18H17N3OS2. The number of hydrogen-bond acceptors (Lipinski definition) is 5. The molecule has 1 aromatic carbocycles. The Morgan fingerprint density at radius 2 is 2.12 bits per heavy atom. The monoisotopic (exact) mass is 355 g/mol. The van der Waals surface area contributed by atoms with Crippen LogP contribution < -0.4 is 9.54 Å². The number of rotatable bonds is 6. The second-order valence-corrected chi connectivity index (χ2v) is 6.46. The molecule has 122 valence electrons. The molecule has 0 bridgehead atoms. The number of thiazole rings is 1. The molecule has 0 N–H and O–H groups in total. The molecule has 0 amide bonds. The predicted molar refractivity (Wildman–Crippen MR) is 102 cm³/mol. The Morgan fingerprint density at radius 3 is 2.88 bits per heavy atom. The van der Waals surface area contributed by atoms with E-state index in [1.807, 2.05) is 52.0 Å². The molecule has 0 spiro atoms. The van der Waals surface area contributed by atoms with Gasteiger partial charge in [-0.25, -0.2) is 4.68 Å². The lowest BCUT2D eigenvalue weighted by Crippen LogP contribution is -2.12. The molecule has 0 unspecified atom stereocenters. The van der Waals surface area contributed by atoms with Crippen LogP contribution in [0.25, 0.3) is 11.3 Å². The van der Waals surface area contributed by atoms with E-state index in [1.165, 1.54) is 0 Å². The summed E-state index contributed by atoms with van der Waals surface area (Å²) in [5, 5.41) is 10.8. The van der Waals surface area contributed by atoms with E-state index in [4.69, 9.17) is 4.74 Å². The lowest BCUT2D eigenvalue weighted by Gasteiger charge is -2.08. The van der Waals surface area contributed by atoms with Crippen molar-refractivity contribution in [2.24, 2.45) is 10.1 Å². The van der Waals surface area contributed by atoms with Gasteiger partial charge in [0.15, 0.2) is 0 Å². The highest BCUT2D eigenvalue weighted by Crippen LogP contribution is 2.29. The summed E-state index contributed by atoms with van der Waals surface area (Å²) in [6.45, 7) is 4.28. The quantitative estimate of drug-likeness (QED) is 0.481. The number of benzene rings is 1. The van der Waals surface area contributed by atoms with Gasteiger partial charge in [-0.3, -0.25) is 4.99 Å². The molecule has 4 nitrogen and oxygen atoms in total. The van der Waals surface area contributed by atoms with Crippen LogP contribution in [0.4, 0.5) is 0 Å². The van der Waals surface area contributed by atoms with Crippen molar-refractivity contribution in [2.45, 2.75) is 0 Å². The first-order valence-electron chi connectivity index (χ1n) is 7.35. The summed E-state index contributed by atoms with van der Waals surface area (Å²) in [5.74, 6) is 0.810. The first kappa shape index (κ1) is 16.4. The predicted octanol–water partition coefficient (Wildman–Crippen LogP) is 4.26. The largest absolute Gasteiger partial charge is 0.496 e. The third-order valence-electron chi connectivity index (χ3n) is 3.29. The molecule has 3 aromatic rings. The Hall–Kier alpha value is -2.44. The fourth-order valence-electron chi connectivity index (χ4n) is 2.18. The van der Waals surface area contributed by atoms with Crippen LogP contribution in [0.3, 0.4) is 0 Å². The van der Waals surface area contributed by atoms with E-state index in [9.17, 15) is 0 Å². The summed E-state index contributed by atoms with van der Waals surface area (Å²) >= 11 is 3.20. The number of aromatic nitrogens is 1. The van der Waals surface area contributed by atoms with Gasteiger partial charge in [-0.15, -0.1) is 17.9 Å². The first-order valence-corrected chi connectivity index (χ1v) is 9.17. The number of nitrogens with zero attached hydrogens (tertiary/aromatic N) is 3. The van der Waals surface area contributed by atoms with Crippen LogP contribution in [-0.2, 0) is 0 Å². The Bertz CT molecular complexity index is 904. The maximum Gasteiger partial charge on any atom is 0.206 e. The molecule has 0 fully saturated rings. The van der Waals surface area contributed by atoms with Gasteiger partial charge in [-0.2, -0.15) is 16.4 Å². The number of methoxy groups -OCH3 is 1. The summed E-state index contributed by atoms with van der Waals surface area (Å²) in [6.07, 6.45) is 3.62. The molecule has 0 radical (unpaired) electrons. The van der Waals surface area contributed by atoms with Crippen molar-refractivity contribution in [3.05, 3.63) is 69.5 Å². The van der Waals surface area contributed by atoms with E-state index in [0.717, 1.165) is 27.4 Å². The van der Waals surface area contributed by atoms with Crippen molar-refractivity contribution >= 4 is 28.9 Å². The van der Waals surface area contributed by atoms with Gasteiger partial charge in [-0.1, -0.05) is 18.2 Å². The van der Waals surface area contributed by atoms with Crippen LogP contribution in [0.2, 0.25) is 0 Å². The number of para-hydroxylation sites is 1. The van der Waals surface area contributed by atoms with Gasteiger partial charge in [0.05, 0.1) is 25.6 Å².